The second-order valence-electron chi connectivity index (χ2n) is 12.6. The summed E-state index contributed by atoms with van der Waals surface area (Å²) in [5, 5.41) is 2.63. The van der Waals surface area contributed by atoms with Crippen LogP contribution in [0.5, 0.6) is 0 Å². The molecule has 1 heterocycles. The standard InChI is InChI=1S/C35H48O3Si/c1-27-22-23-33(28(2)24-36-26-30-16-10-7-11-17-30)38-34(27)29(3)25-37-39(35(4,5)6,31-18-12-8-13-19-31)32-20-14-9-15-21-32/h7-21,27-29,33-34H,22-26H2,1-6H3/t27-,28+,29-,33-,34-/m0/s1. The molecule has 1 saturated heterocycles. The highest BCUT2D eigenvalue weighted by Gasteiger charge is 2.50. The Labute approximate surface area is 238 Å². The van der Waals surface area contributed by atoms with E-state index in [1.165, 1.54) is 22.4 Å². The molecule has 1 aliphatic heterocycles. The van der Waals surface area contributed by atoms with Gasteiger partial charge in [-0.15, -0.1) is 0 Å². The molecule has 1 fully saturated rings. The van der Waals surface area contributed by atoms with Crippen LogP contribution in [-0.4, -0.2) is 33.7 Å². The third kappa shape index (κ3) is 7.10. The minimum absolute atomic E-state index is 0.0262. The summed E-state index contributed by atoms with van der Waals surface area (Å²) in [4.78, 5) is 0. The molecule has 3 nitrogen and oxygen atoms in total. The van der Waals surface area contributed by atoms with Crippen LogP contribution in [0.25, 0.3) is 0 Å². The van der Waals surface area contributed by atoms with Gasteiger partial charge in [0.1, 0.15) is 0 Å². The Morgan fingerprint density at radius 1 is 0.769 bits per heavy atom. The van der Waals surface area contributed by atoms with Crippen molar-refractivity contribution >= 4 is 18.7 Å². The highest BCUT2D eigenvalue weighted by atomic mass is 28.4. The van der Waals surface area contributed by atoms with Crippen molar-refractivity contribution in [3.8, 4) is 0 Å². The number of rotatable bonds is 11. The molecule has 0 radical (unpaired) electrons. The fourth-order valence-corrected chi connectivity index (χ4v) is 10.9. The van der Waals surface area contributed by atoms with Gasteiger partial charge in [-0.05, 0) is 39.7 Å². The molecule has 0 aliphatic carbocycles. The maximum atomic E-state index is 7.27. The largest absolute Gasteiger partial charge is 0.407 e. The molecule has 1 aliphatic rings. The van der Waals surface area contributed by atoms with Crippen molar-refractivity contribution in [2.75, 3.05) is 13.2 Å². The molecule has 3 aromatic carbocycles. The maximum Gasteiger partial charge on any atom is 0.261 e. The first-order valence-electron chi connectivity index (χ1n) is 14.7. The van der Waals surface area contributed by atoms with Crippen LogP contribution in [0.3, 0.4) is 0 Å². The van der Waals surface area contributed by atoms with Gasteiger partial charge in [-0.25, -0.2) is 0 Å². The molecule has 0 N–H and O–H groups in total. The van der Waals surface area contributed by atoms with E-state index < -0.39 is 8.32 Å². The van der Waals surface area contributed by atoms with Gasteiger partial charge < -0.3 is 13.9 Å². The van der Waals surface area contributed by atoms with E-state index in [9.17, 15) is 0 Å². The van der Waals surface area contributed by atoms with Crippen molar-refractivity contribution in [3.63, 3.8) is 0 Å². The Morgan fingerprint density at radius 3 is 1.85 bits per heavy atom. The summed E-state index contributed by atoms with van der Waals surface area (Å²) in [6.07, 6.45) is 2.67. The second-order valence-corrected chi connectivity index (χ2v) is 16.9. The van der Waals surface area contributed by atoms with Crippen LogP contribution in [0.1, 0.15) is 59.9 Å². The second kappa shape index (κ2) is 13.4. The highest BCUT2D eigenvalue weighted by molar-refractivity contribution is 6.99. The predicted molar refractivity (Wildman–Crippen MR) is 165 cm³/mol. The van der Waals surface area contributed by atoms with Gasteiger partial charge in [-0.1, -0.05) is 133 Å². The van der Waals surface area contributed by atoms with E-state index in [0.29, 0.717) is 37.6 Å². The minimum Gasteiger partial charge on any atom is -0.407 e. The predicted octanol–water partition coefficient (Wildman–Crippen LogP) is 7.24. The van der Waals surface area contributed by atoms with Gasteiger partial charge in [0.25, 0.3) is 8.32 Å². The third-order valence-electron chi connectivity index (χ3n) is 8.47. The lowest BCUT2D eigenvalue weighted by atomic mass is 9.84. The average Bonchev–Trinajstić information content (AvgIpc) is 2.94. The molecule has 4 heteroatoms. The van der Waals surface area contributed by atoms with Crippen LogP contribution in [-0.2, 0) is 20.5 Å². The molecule has 0 bridgehead atoms. The fraction of sp³-hybridized carbons (Fsp3) is 0.486. The monoisotopic (exact) mass is 544 g/mol. The minimum atomic E-state index is -2.56. The zero-order chi connectivity index (χ0) is 27.9. The van der Waals surface area contributed by atoms with E-state index in [0.717, 1.165) is 6.42 Å². The average molecular weight is 545 g/mol. The molecule has 0 spiro atoms. The lowest BCUT2D eigenvalue weighted by Crippen LogP contribution is -2.67. The molecular formula is C35H48O3Si. The summed E-state index contributed by atoms with van der Waals surface area (Å²) in [7, 11) is -2.56. The van der Waals surface area contributed by atoms with E-state index in [4.69, 9.17) is 13.9 Å². The summed E-state index contributed by atoms with van der Waals surface area (Å²) >= 11 is 0. The maximum absolute atomic E-state index is 7.27. The fourth-order valence-electron chi connectivity index (χ4n) is 6.27. The van der Waals surface area contributed by atoms with E-state index >= 15 is 0 Å². The summed E-state index contributed by atoms with van der Waals surface area (Å²) < 4.78 is 20.2. The molecule has 5 atom stereocenters. The van der Waals surface area contributed by atoms with Crippen LogP contribution in [0.2, 0.25) is 5.04 Å². The van der Waals surface area contributed by atoms with E-state index in [1.807, 2.05) is 6.07 Å². The van der Waals surface area contributed by atoms with Crippen molar-refractivity contribution in [1.29, 1.82) is 0 Å². The molecule has 0 unspecified atom stereocenters. The first-order chi connectivity index (χ1) is 18.7. The molecule has 4 rings (SSSR count). The Hall–Kier alpha value is -2.24. The van der Waals surface area contributed by atoms with E-state index in [-0.39, 0.29) is 17.2 Å². The van der Waals surface area contributed by atoms with Gasteiger partial charge in [-0.3, -0.25) is 0 Å². The van der Waals surface area contributed by atoms with Crippen LogP contribution >= 0.6 is 0 Å². The summed E-state index contributed by atoms with van der Waals surface area (Å²) in [6, 6.07) is 32.3. The quantitative estimate of drug-likeness (QED) is 0.238. The van der Waals surface area contributed by atoms with Crippen LogP contribution < -0.4 is 10.4 Å². The van der Waals surface area contributed by atoms with Crippen LogP contribution in [0.4, 0.5) is 0 Å². The SMILES string of the molecule is C[C@H](COCc1ccccc1)[C@@H]1CC[C@H](C)[C@@H]([C@@H](C)CO[Si](c2ccccc2)(c2ccccc2)C(C)(C)C)O1. The summed E-state index contributed by atoms with van der Waals surface area (Å²) in [5.74, 6) is 1.16. The molecule has 0 amide bonds. The number of hydrogen-bond acceptors (Lipinski definition) is 3. The Kier molecular flexibility index (Phi) is 10.2. The lowest BCUT2D eigenvalue weighted by molar-refractivity contribution is -0.135. The van der Waals surface area contributed by atoms with Crippen molar-refractivity contribution in [3.05, 3.63) is 96.6 Å². The Balaban J connectivity index is 1.46. The first kappa shape index (κ1) is 29.7. The number of ether oxygens (including phenoxy) is 2. The molecular weight excluding hydrogens is 496 g/mol. The third-order valence-corrected chi connectivity index (χ3v) is 13.5. The van der Waals surface area contributed by atoms with Crippen LogP contribution in [0.15, 0.2) is 91.0 Å². The van der Waals surface area contributed by atoms with Gasteiger partial charge >= 0.3 is 0 Å². The smallest absolute Gasteiger partial charge is 0.261 e. The van der Waals surface area contributed by atoms with Crippen molar-refractivity contribution < 1.29 is 13.9 Å². The van der Waals surface area contributed by atoms with Crippen LogP contribution in [0, 0.1) is 17.8 Å². The molecule has 3 aromatic rings. The zero-order valence-electron chi connectivity index (χ0n) is 24.8. The van der Waals surface area contributed by atoms with Crippen molar-refractivity contribution in [2.45, 2.75) is 78.2 Å². The topological polar surface area (TPSA) is 27.7 Å². The van der Waals surface area contributed by atoms with E-state index in [1.54, 1.807) is 0 Å². The molecule has 210 valence electrons. The van der Waals surface area contributed by atoms with Crippen molar-refractivity contribution in [2.24, 2.45) is 17.8 Å². The Bertz CT molecular complexity index is 1070. The highest BCUT2D eigenvalue weighted by Crippen LogP contribution is 2.38. The van der Waals surface area contributed by atoms with Gasteiger partial charge in [-0.2, -0.15) is 0 Å². The summed E-state index contributed by atoms with van der Waals surface area (Å²) in [5.41, 5.74) is 1.22. The Morgan fingerprint density at radius 2 is 1.31 bits per heavy atom. The lowest BCUT2D eigenvalue weighted by Gasteiger charge is -2.45. The number of benzene rings is 3. The van der Waals surface area contributed by atoms with E-state index in [2.05, 4.69) is 126 Å². The van der Waals surface area contributed by atoms with Gasteiger partial charge in [0.05, 0.1) is 25.4 Å². The molecule has 39 heavy (non-hydrogen) atoms. The molecule has 0 aromatic heterocycles. The number of hydrogen-bond donors (Lipinski definition) is 0. The zero-order valence-corrected chi connectivity index (χ0v) is 25.8. The van der Waals surface area contributed by atoms with Gasteiger partial charge in [0.15, 0.2) is 0 Å². The van der Waals surface area contributed by atoms with Gasteiger partial charge in [0.2, 0.25) is 0 Å². The summed E-state index contributed by atoms with van der Waals surface area (Å²) in [6.45, 7) is 16.0. The van der Waals surface area contributed by atoms with Crippen molar-refractivity contribution in [1.82, 2.24) is 0 Å². The first-order valence-corrected chi connectivity index (χ1v) is 16.7. The normalized spacial score (nSPS) is 21.8. The van der Waals surface area contributed by atoms with Gasteiger partial charge in [0, 0.05) is 18.4 Å². The molecule has 0 saturated carbocycles.